The SMILES string of the molecule is Cc1ncc([N+](=O)[O-])c(Cl)c1-c1ccccc1. The highest BCUT2D eigenvalue weighted by Gasteiger charge is 2.19. The molecule has 0 fully saturated rings. The van der Waals surface area contributed by atoms with Crippen molar-refractivity contribution >= 4 is 17.3 Å². The van der Waals surface area contributed by atoms with Crippen LogP contribution in [-0.2, 0) is 0 Å². The van der Waals surface area contributed by atoms with E-state index in [1.165, 1.54) is 6.20 Å². The van der Waals surface area contributed by atoms with Crippen LogP contribution in [0.3, 0.4) is 0 Å². The number of hydrogen-bond donors (Lipinski definition) is 0. The molecule has 86 valence electrons. The zero-order valence-electron chi connectivity index (χ0n) is 9.05. The van der Waals surface area contributed by atoms with E-state index in [1.54, 1.807) is 6.92 Å². The third-order valence-corrected chi connectivity index (χ3v) is 2.83. The summed E-state index contributed by atoms with van der Waals surface area (Å²) in [5.41, 5.74) is 1.94. The predicted molar refractivity (Wildman–Crippen MR) is 66.1 cm³/mol. The first-order chi connectivity index (χ1) is 8.11. The summed E-state index contributed by atoms with van der Waals surface area (Å²) in [6, 6.07) is 9.27. The molecule has 0 radical (unpaired) electrons. The van der Waals surface area contributed by atoms with E-state index in [9.17, 15) is 10.1 Å². The molecule has 0 aliphatic heterocycles. The van der Waals surface area contributed by atoms with Crippen LogP contribution in [0.1, 0.15) is 5.69 Å². The first-order valence-electron chi connectivity index (χ1n) is 4.96. The minimum atomic E-state index is -0.527. The van der Waals surface area contributed by atoms with Crippen molar-refractivity contribution in [2.24, 2.45) is 0 Å². The van der Waals surface area contributed by atoms with E-state index in [2.05, 4.69) is 4.98 Å². The van der Waals surface area contributed by atoms with E-state index in [1.807, 2.05) is 30.3 Å². The molecular formula is C12H9ClN2O2. The molecule has 17 heavy (non-hydrogen) atoms. The quantitative estimate of drug-likeness (QED) is 0.602. The fourth-order valence-corrected chi connectivity index (χ4v) is 2.00. The lowest BCUT2D eigenvalue weighted by Gasteiger charge is -2.07. The van der Waals surface area contributed by atoms with Gasteiger partial charge in [0.1, 0.15) is 11.2 Å². The third kappa shape index (κ3) is 2.12. The van der Waals surface area contributed by atoms with Crippen molar-refractivity contribution in [3.63, 3.8) is 0 Å². The first kappa shape index (κ1) is 11.5. The highest BCUT2D eigenvalue weighted by Crippen LogP contribution is 2.36. The summed E-state index contributed by atoms with van der Waals surface area (Å²) in [5.74, 6) is 0. The van der Waals surface area contributed by atoms with E-state index < -0.39 is 4.92 Å². The molecular weight excluding hydrogens is 240 g/mol. The Bertz CT molecular complexity index is 570. The van der Waals surface area contributed by atoms with Gasteiger partial charge in [0.05, 0.1) is 4.92 Å². The van der Waals surface area contributed by atoms with E-state index in [0.29, 0.717) is 11.3 Å². The Balaban J connectivity index is 2.69. The molecule has 0 atom stereocenters. The van der Waals surface area contributed by atoms with Crippen LogP contribution in [-0.4, -0.2) is 9.91 Å². The smallest absolute Gasteiger partial charge is 0.258 e. The number of benzene rings is 1. The van der Waals surface area contributed by atoms with Gasteiger partial charge in [-0.15, -0.1) is 0 Å². The van der Waals surface area contributed by atoms with Gasteiger partial charge in [0.15, 0.2) is 0 Å². The van der Waals surface area contributed by atoms with Gasteiger partial charge in [0.25, 0.3) is 0 Å². The second-order valence-corrected chi connectivity index (χ2v) is 3.92. The Kier molecular flexibility index (Phi) is 3.06. The lowest BCUT2D eigenvalue weighted by molar-refractivity contribution is -0.385. The average molecular weight is 249 g/mol. The molecule has 0 saturated carbocycles. The average Bonchev–Trinajstić information content (AvgIpc) is 2.30. The Morgan fingerprint density at radius 3 is 2.53 bits per heavy atom. The van der Waals surface area contributed by atoms with Crippen LogP contribution in [0.15, 0.2) is 36.5 Å². The standard InChI is InChI=1S/C12H9ClN2O2/c1-8-11(9-5-3-2-4-6-9)12(13)10(7-14-8)15(16)17/h2-7H,1H3. The zero-order chi connectivity index (χ0) is 12.4. The van der Waals surface area contributed by atoms with Gasteiger partial charge in [-0.25, -0.2) is 0 Å². The molecule has 0 bridgehead atoms. The lowest BCUT2D eigenvalue weighted by atomic mass is 10.0. The summed E-state index contributed by atoms with van der Waals surface area (Å²) in [7, 11) is 0. The number of halogens is 1. The van der Waals surface area contributed by atoms with E-state index in [-0.39, 0.29) is 10.7 Å². The second kappa shape index (κ2) is 4.51. The minimum absolute atomic E-state index is 0.133. The van der Waals surface area contributed by atoms with E-state index in [4.69, 9.17) is 11.6 Å². The molecule has 0 spiro atoms. The topological polar surface area (TPSA) is 56.0 Å². The third-order valence-electron chi connectivity index (χ3n) is 2.45. The van der Waals surface area contributed by atoms with Crippen LogP contribution < -0.4 is 0 Å². The molecule has 0 aliphatic rings. The maximum Gasteiger partial charge on any atom is 0.306 e. The number of aryl methyl sites for hydroxylation is 1. The van der Waals surface area contributed by atoms with Gasteiger partial charge in [-0.2, -0.15) is 0 Å². The minimum Gasteiger partial charge on any atom is -0.258 e. The molecule has 0 aliphatic carbocycles. The normalized spacial score (nSPS) is 10.2. The van der Waals surface area contributed by atoms with Crippen molar-refractivity contribution in [3.8, 4) is 11.1 Å². The lowest BCUT2D eigenvalue weighted by Crippen LogP contribution is -1.96. The van der Waals surface area contributed by atoms with Crippen LogP contribution in [0.4, 0.5) is 5.69 Å². The molecule has 0 amide bonds. The van der Waals surface area contributed by atoms with Crippen molar-refractivity contribution in [1.29, 1.82) is 0 Å². The van der Waals surface area contributed by atoms with Gasteiger partial charge in [-0.1, -0.05) is 41.9 Å². The van der Waals surface area contributed by atoms with Crippen molar-refractivity contribution in [3.05, 3.63) is 57.4 Å². The molecule has 0 saturated heterocycles. The maximum atomic E-state index is 10.8. The predicted octanol–water partition coefficient (Wildman–Crippen LogP) is 3.62. The Labute approximate surface area is 103 Å². The highest BCUT2D eigenvalue weighted by atomic mass is 35.5. The first-order valence-corrected chi connectivity index (χ1v) is 5.34. The fraction of sp³-hybridized carbons (Fsp3) is 0.0833. The van der Waals surface area contributed by atoms with Gasteiger partial charge in [0.2, 0.25) is 0 Å². The molecule has 1 aromatic heterocycles. The number of aromatic nitrogens is 1. The molecule has 5 heteroatoms. The largest absolute Gasteiger partial charge is 0.306 e. The zero-order valence-corrected chi connectivity index (χ0v) is 9.81. The molecule has 2 aromatic rings. The summed E-state index contributed by atoms with van der Waals surface area (Å²) in [6.07, 6.45) is 1.18. The number of hydrogen-bond acceptors (Lipinski definition) is 3. The van der Waals surface area contributed by atoms with Crippen LogP contribution >= 0.6 is 11.6 Å². The van der Waals surface area contributed by atoms with Gasteiger partial charge in [-0.05, 0) is 12.5 Å². The van der Waals surface area contributed by atoms with Crippen molar-refractivity contribution in [2.75, 3.05) is 0 Å². The Morgan fingerprint density at radius 2 is 1.94 bits per heavy atom. The number of nitrogens with zero attached hydrogens (tertiary/aromatic N) is 2. The number of pyridine rings is 1. The summed E-state index contributed by atoms with van der Waals surface area (Å²) in [4.78, 5) is 14.3. The van der Waals surface area contributed by atoms with E-state index >= 15 is 0 Å². The second-order valence-electron chi connectivity index (χ2n) is 3.54. The van der Waals surface area contributed by atoms with E-state index in [0.717, 1.165) is 5.56 Å². The van der Waals surface area contributed by atoms with Crippen LogP contribution in [0.5, 0.6) is 0 Å². The molecule has 2 rings (SSSR count). The maximum absolute atomic E-state index is 10.8. The Morgan fingerprint density at radius 1 is 1.29 bits per heavy atom. The van der Waals surface area contributed by atoms with Gasteiger partial charge in [-0.3, -0.25) is 15.1 Å². The van der Waals surface area contributed by atoms with Crippen LogP contribution in [0.25, 0.3) is 11.1 Å². The van der Waals surface area contributed by atoms with Gasteiger partial charge in [0, 0.05) is 11.3 Å². The molecule has 0 unspecified atom stereocenters. The molecule has 0 N–H and O–H groups in total. The molecule has 1 heterocycles. The molecule has 1 aromatic carbocycles. The van der Waals surface area contributed by atoms with Crippen LogP contribution in [0, 0.1) is 17.0 Å². The van der Waals surface area contributed by atoms with Crippen molar-refractivity contribution in [2.45, 2.75) is 6.92 Å². The number of nitro groups is 1. The monoisotopic (exact) mass is 248 g/mol. The van der Waals surface area contributed by atoms with Crippen molar-refractivity contribution in [1.82, 2.24) is 4.98 Å². The number of rotatable bonds is 2. The van der Waals surface area contributed by atoms with Crippen LogP contribution in [0.2, 0.25) is 5.02 Å². The summed E-state index contributed by atoms with van der Waals surface area (Å²) in [5, 5.41) is 10.9. The highest BCUT2D eigenvalue weighted by molar-refractivity contribution is 6.35. The van der Waals surface area contributed by atoms with Gasteiger partial charge < -0.3 is 0 Å². The van der Waals surface area contributed by atoms with Gasteiger partial charge >= 0.3 is 5.69 Å². The summed E-state index contributed by atoms with van der Waals surface area (Å²) in [6.45, 7) is 1.78. The molecule has 4 nitrogen and oxygen atoms in total. The van der Waals surface area contributed by atoms with Crippen molar-refractivity contribution < 1.29 is 4.92 Å². The fourth-order valence-electron chi connectivity index (χ4n) is 1.63. The summed E-state index contributed by atoms with van der Waals surface area (Å²) < 4.78 is 0. The Hall–Kier alpha value is -1.94. The summed E-state index contributed by atoms with van der Waals surface area (Å²) >= 11 is 6.06.